The summed E-state index contributed by atoms with van der Waals surface area (Å²) in [4.78, 5) is 16.4. The average molecular weight is 297 g/mol. The van der Waals surface area contributed by atoms with Gasteiger partial charge in [0.25, 0.3) is 0 Å². The zero-order chi connectivity index (χ0) is 15.1. The molecule has 4 atom stereocenters. The van der Waals surface area contributed by atoms with Crippen LogP contribution in [0.2, 0.25) is 0 Å². The molecule has 0 bridgehead atoms. The molecule has 0 aromatic carbocycles. The van der Waals surface area contributed by atoms with Gasteiger partial charge in [-0.2, -0.15) is 5.10 Å². The molecule has 2 saturated carbocycles. The van der Waals surface area contributed by atoms with E-state index in [0.29, 0.717) is 17.9 Å². The van der Waals surface area contributed by atoms with Crippen molar-refractivity contribution in [1.29, 1.82) is 0 Å². The lowest BCUT2D eigenvalue weighted by atomic mass is 9.72. The van der Waals surface area contributed by atoms with Crippen molar-refractivity contribution in [3.8, 4) is 5.69 Å². The zero-order valence-electron chi connectivity index (χ0n) is 12.2. The van der Waals surface area contributed by atoms with Crippen molar-refractivity contribution in [2.24, 2.45) is 23.5 Å². The van der Waals surface area contributed by atoms with Crippen molar-refractivity contribution in [3.05, 3.63) is 36.9 Å². The van der Waals surface area contributed by atoms with Crippen molar-refractivity contribution in [1.82, 2.24) is 14.8 Å². The molecule has 2 fully saturated rings. The maximum Gasteiger partial charge on any atom is 0.227 e. The molecule has 114 valence electrons. The quantitative estimate of drug-likeness (QED) is 0.900. The molecular weight excluding hydrogens is 278 g/mol. The van der Waals surface area contributed by atoms with Gasteiger partial charge in [-0.15, -0.1) is 0 Å². The van der Waals surface area contributed by atoms with Gasteiger partial charge >= 0.3 is 0 Å². The Balaban J connectivity index is 1.42. The predicted octanol–water partition coefficient (Wildman–Crippen LogP) is 1.58. The molecule has 6 nitrogen and oxygen atoms in total. The fourth-order valence-corrected chi connectivity index (χ4v) is 3.77. The summed E-state index contributed by atoms with van der Waals surface area (Å²) in [5.74, 6) is 1.39. The minimum Gasteiger partial charge on any atom is -0.327 e. The van der Waals surface area contributed by atoms with Gasteiger partial charge in [0.1, 0.15) is 0 Å². The SMILES string of the molecule is N[C@@H]1C[C@@H]2CC(C(=O)Nc3cnn(-c4ccncc4)c3)C[C@@H]21. The maximum absolute atomic E-state index is 12.4. The standard InChI is InChI=1S/C16H19N5O/c17-15-7-10-5-11(6-14(10)15)16(22)20-12-8-19-21(9-12)13-1-3-18-4-2-13/h1-4,8-11,14-15H,5-7,17H2,(H,20,22)/t10-,11?,14-,15+/m0/s1. The fraction of sp³-hybridized carbons (Fsp3) is 0.438. The van der Waals surface area contributed by atoms with Crippen LogP contribution in [0.3, 0.4) is 0 Å². The van der Waals surface area contributed by atoms with Crippen LogP contribution in [0.1, 0.15) is 19.3 Å². The molecule has 2 heterocycles. The van der Waals surface area contributed by atoms with E-state index in [1.807, 2.05) is 18.3 Å². The van der Waals surface area contributed by atoms with Gasteiger partial charge in [0, 0.05) is 24.4 Å². The Labute approximate surface area is 128 Å². The summed E-state index contributed by atoms with van der Waals surface area (Å²) in [5.41, 5.74) is 7.64. The van der Waals surface area contributed by atoms with Crippen molar-refractivity contribution in [3.63, 3.8) is 0 Å². The van der Waals surface area contributed by atoms with Crippen LogP contribution in [0.15, 0.2) is 36.9 Å². The predicted molar refractivity (Wildman–Crippen MR) is 82.3 cm³/mol. The third-order valence-corrected chi connectivity index (χ3v) is 5.02. The molecule has 22 heavy (non-hydrogen) atoms. The summed E-state index contributed by atoms with van der Waals surface area (Å²) in [6.45, 7) is 0. The Bertz CT molecular complexity index is 683. The Morgan fingerprint density at radius 1 is 1.27 bits per heavy atom. The lowest BCUT2D eigenvalue weighted by molar-refractivity contribution is -0.119. The van der Waals surface area contributed by atoms with E-state index in [2.05, 4.69) is 15.4 Å². The summed E-state index contributed by atoms with van der Waals surface area (Å²) in [5, 5.41) is 7.25. The summed E-state index contributed by atoms with van der Waals surface area (Å²) in [6.07, 6.45) is 9.91. The third-order valence-electron chi connectivity index (χ3n) is 5.02. The van der Waals surface area contributed by atoms with Crippen molar-refractivity contribution in [2.45, 2.75) is 25.3 Å². The molecule has 4 rings (SSSR count). The number of nitrogens with one attached hydrogen (secondary N) is 1. The summed E-state index contributed by atoms with van der Waals surface area (Å²) in [6, 6.07) is 4.04. The minimum atomic E-state index is 0.0906. The maximum atomic E-state index is 12.4. The normalized spacial score (nSPS) is 29.7. The second kappa shape index (κ2) is 5.21. The molecule has 6 heteroatoms. The topological polar surface area (TPSA) is 85.8 Å². The number of anilines is 1. The molecule has 2 aliphatic carbocycles. The lowest BCUT2D eigenvalue weighted by Crippen LogP contribution is -2.44. The van der Waals surface area contributed by atoms with Gasteiger partial charge in [0.2, 0.25) is 5.91 Å². The second-order valence-corrected chi connectivity index (χ2v) is 6.36. The summed E-state index contributed by atoms with van der Waals surface area (Å²) < 4.78 is 1.73. The van der Waals surface area contributed by atoms with E-state index in [-0.39, 0.29) is 11.8 Å². The third kappa shape index (κ3) is 2.29. The first kappa shape index (κ1) is 13.5. The lowest BCUT2D eigenvalue weighted by Gasteiger charge is -2.37. The first-order valence-electron chi connectivity index (χ1n) is 7.72. The first-order valence-corrected chi connectivity index (χ1v) is 7.72. The monoisotopic (exact) mass is 297 g/mol. The van der Waals surface area contributed by atoms with E-state index >= 15 is 0 Å². The van der Waals surface area contributed by atoms with Gasteiger partial charge in [-0.3, -0.25) is 9.78 Å². The number of nitrogens with zero attached hydrogens (tertiary/aromatic N) is 3. The van der Waals surface area contributed by atoms with Crippen LogP contribution in [0.5, 0.6) is 0 Å². The van der Waals surface area contributed by atoms with E-state index in [4.69, 9.17) is 5.73 Å². The van der Waals surface area contributed by atoms with Gasteiger partial charge in [-0.1, -0.05) is 0 Å². The van der Waals surface area contributed by atoms with Crippen LogP contribution in [-0.2, 0) is 4.79 Å². The van der Waals surface area contributed by atoms with Crippen LogP contribution in [0.25, 0.3) is 5.69 Å². The smallest absolute Gasteiger partial charge is 0.227 e. The largest absolute Gasteiger partial charge is 0.327 e. The second-order valence-electron chi connectivity index (χ2n) is 6.36. The van der Waals surface area contributed by atoms with E-state index in [1.165, 1.54) is 0 Å². The van der Waals surface area contributed by atoms with E-state index < -0.39 is 0 Å². The van der Waals surface area contributed by atoms with Crippen molar-refractivity contribution < 1.29 is 4.79 Å². The highest BCUT2D eigenvalue weighted by atomic mass is 16.1. The van der Waals surface area contributed by atoms with Crippen LogP contribution < -0.4 is 11.1 Å². The number of pyridine rings is 1. The molecule has 1 unspecified atom stereocenters. The van der Waals surface area contributed by atoms with Crippen molar-refractivity contribution in [2.75, 3.05) is 5.32 Å². The van der Waals surface area contributed by atoms with Crippen LogP contribution in [0, 0.1) is 17.8 Å². The van der Waals surface area contributed by atoms with Crippen molar-refractivity contribution >= 4 is 11.6 Å². The van der Waals surface area contributed by atoms with Gasteiger partial charge in [-0.25, -0.2) is 4.68 Å². The van der Waals surface area contributed by atoms with E-state index in [0.717, 1.165) is 30.6 Å². The fourth-order valence-electron chi connectivity index (χ4n) is 3.77. The molecule has 1 amide bonds. The average Bonchev–Trinajstić information content (AvgIpc) is 3.12. The van der Waals surface area contributed by atoms with Crippen LogP contribution >= 0.6 is 0 Å². The number of aromatic nitrogens is 3. The highest BCUT2D eigenvalue weighted by Gasteiger charge is 2.47. The number of carbonyl (C=O) groups excluding carboxylic acids is 1. The first-order chi connectivity index (χ1) is 10.7. The molecule has 2 aromatic heterocycles. The minimum absolute atomic E-state index is 0.0906. The highest BCUT2D eigenvalue weighted by molar-refractivity contribution is 5.92. The van der Waals surface area contributed by atoms with Gasteiger partial charge in [0.05, 0.1) is 23.8 Å². The van der Waals surface area contributed by atoms with Gasteiger partial charge in [0.15, 0.2) is 0 Å². The molecule has 3 N–H and O–H groups in total. The van der Waals surface area contributed by atoms with Gasteiger partial charge < -0.3 is 11.1 Å². The van der Waals surface area contributed by atoms with Crippen LogP contribution in [0.4, 0.5) is 5.69 Å². The number of nitrogens with two attached hydrogens (primary N) is 1. The molecule has 2 aliphatic rings. The van der Waals surface area contributed by atoms with E-state index in [9.17, 15) is 4.79 Å². The Morgan fingerprint density at radius 2 is 2.09 bits per heavy atom. The number of hydrogen-bond acceptors (Lipinski definition) is 4. The summed E-state index contributed by atoms with van der Waals surface area (Å²) in [7, 11) is 0. The Hall–Kier alpha value is -2.21. The molecule has 0 radical (unpaired) electrons. The molecular formula is C16H19N5O. The molecule has 0 spiro atoms. The number of carbonyl (C=O) groups is 1. The van der Waals surface area contributed by atoms with Gasteiger partial charge in [-0.05, 0) is 43.2 Å². The highest BCUT2D eigenvalue weighted by Crippen LogP contribution is 2.49. The zero-order valence-corrected chi connectivity index (χ0v) is 12.2. The molecule has 2 aromatic rings. The molecule has 0 aliphatic heterocycles. The number of amides is 1. The summed E-state index contributed by atoms with van der Waals surface area (Å²) >= 11 is 0. The number of hydrogen-bond donors (Lipinski definition) is 2. The van der Waals surface area contributed by atoms with E-state index in [1.54, 1.807) is 23.3 Å². The van der Waals surface area contributed by atoms with Crippen LogP contribution in [-0.4, -0.2) is 26.7 Å². The molecule has 0 saturated heterocycles. The number of fused-ring (bicyclic) bond motifs is 1. The Morgan fingerprint density at radius 3 is 2.82 bits per heavy atom. The Kier molecular flexibility index (Phi) is 3.18. The number of rotatable bonds is 3.